The molecule has 4 aromatic rings. The smallest absolute Gasteiger partial charge is 0.151 e. The first-order chi connectivity index (χ1) is 12.2. The van der Waals surface area contributed by atoms with Gasteiger partial charge < -0.3 is 14.2 Å². The second-order valence-corrected chi connectivity index (χ2v) is 6.97. The number of imidazole rings is 1. The van der Waals surface area contributed by atoms with E-state index in [0.717, 1.165) is 32.8 Å². The Morgan fingerprint density at radius 2 is 1.96 bits per heavy atom. The van der Waals surface area contributed by atoms with Gasteiger partial charge in [0.15, 0.2) is 5.76 Å². The second kappa shape index (κ2) is 7.00. The van der Waals surface area contributed by atoms with Gasteiger partial charge in [0.1, 0.15) is 11.3 Å². The summed E-state index contributed by atoms with van der Waals surface area (Å²) in [6.45, 7) is 1.26. The maximum absolute atomic E-state index is 5.91. The summed E-state index contributed by atoms with van der Waals surface area (Å²) in [5.41, 5.74) is 3.77. The number of halogens is 2. The summed E-state index contributed by atoms with van der Waals surface area (Å²) in [6.07, 6.45) is 3.88. The van der Waals surface area contributed by atoms with E-state index in [1.54, 1.807) is 0 Å². The van der Waals surface area contributed by atoms with Crippen LogP contribution in [-0.4, -0.2) is 14.5 Å². The average Bonchev–Trinajstić information content (AvgIpc) is 3.23. The summed E-state index contributed by atoms with van der Waals surface area (Å²) in [7, 11) is 0. The molecule has 5 nitrogen and oxygen atoms in total. The van der Waals surface area contributed by atoms with Crippen molar-refractivity contribution in [2.24, 2.45) is 0 Å². The van der Waals surface area contributed by atoms with Crippen LogP contribution in [0.25, 0.3) is 16.9 Å². The topological polar surface area (TPSA) is 55.4 Å². The maximum atomic E-state index is 5.91. The second-order valence-electron chi connectivity index (χ2n) is 5.61. The van der Waals surface area contributed by atoms with Crippen molar-refractivity contribution in [2.75, 3.05) is 0 Å². The van der Waals surface area contributed by atoms with Gasteiger partial charge in [-0.05, 0) is 40.2 Å². The van der Waals surface area contributed by atoms with E-state index in [4.69, 9.17) is 16.1 Å². The Hall–Kier alpha value is -2.15. The van der Waals surface area contributed by atoms with Crippen molar-refractivity contribution in [1.29, 1.82) is 0 Å². The molecule has 126 valence electrons. The van der Waals surface area contributed by atoms with Crippen molar-refractivity contribution in [3.63, 3.8) is 0 Å². The number of benzene rings is 1. The zero-order valence-electron chi connectivity index (χ0n) is 13.1. The lowest BCUT2D eigenvalue weighted by Gasteiger charge is -2.03. The lowest BCUT2D eigenvalue weighted by atomic mass is 10.1. The van der Waals surface area contributed by atoms with Crippen molar-refractivity contribution in [2.45, 2.75) is 13.1 Å². The van der Waals surface area contributed by atoms with E-state index >= 15 is 0 Å². The number of fused-ring (bicyclic) bond motifs is 1. The molecule has 0 fully saturated rings. The minimum atomic E-state index is 0.585. The van der Waals surface area contributed by atoms with Crippen LogP contribution in [0.4, 0.5) is 0 Å². The van der Waals surface area contributed by atoms with Gasteiger partial charge in [0, 0.05) is 33.9 Å². The highest BCUT2D eigenvalue weighted by Gasteiger charge is 2.08. The molecule has 0 aliphatic heterocycles. The first kappa shape index (κ1) is 16.3. The van der Waals surface area contributed by atoms with E-state index in [1.165, 1.54) is 0 Å². The number of aromatic nitrogens is 3. The Morgan fingerprint density at radius 3 is 2.80 bits per heavy atom. The molecule has 4 rings (SSSR count). The lowest BCUT2D eigenvalue weighted by molar-refractivity contribution is 0.374. The average molecular weight is 418 g/mol. The largest absolute Gasteiger partial charge is 0.359 e. The van der Waals surface area contributed by atoms with Gasteiger partial charge in [-0.3, -0.25) is 0 Å². The molecule has 0 aliphatic rings. The van der Waals surface area contributed by atoms with Crippen LogP contribution in [0, 0.1) is 0 Å². The van der Waals surface area contributed by atoms with E-state index < -0.39 is 0 Å². The third kappa shape index (κ3) is 3.61. The maximum Gasteiger partial charge on any atom is 0.151 e. The van der Waals surface area contributed by atoms with Gasteiger partial charge in [-0.2, -0.15) is 0 Å². The molecule has 0 unspecified atom stereocenters. The van der Waals surface area contributed by atoms with Crippen molar-refractivity contribution in [1.82, 2.24) is 19.9 Å². The normalized spacial score (nSPS) is 11.3. The highest BCUT2D eigenvalue weighted by Crippen LogP contribution is 2.21. The molecule has 7 heteroatoms. The van der Waals surface area contributed by atoms with Crippen LogP contribution in [0.3, 0.4) is 0 Å². The van der Waals surface area contributed by atoms with Gasteiger partial charge in [-0.1, -0.05) is 28.9 Å². The van der Waals surface area contributed by atoms with E-state index in [1.807, 2.05) is 54.9 Å². The summed E-state index contributed by atoms with van der Waals surface area (Å²) in [4.78, 5) is 4.39. The SMILES string of the molecule is Clc1ccc(-c2cc(CNCc3cnc4ccc(Br)cn34)on2)cc1. The van der Waals surface area contributed by atoms with Crippen LogP contribution >= 0.6 is 27.5 Å². The number of nitrogens with one attached hydrogen (secondary N) is 1. The Kier molecular flexibility index (Phi) is 4.57. The minimum Gasteiger partial charge on any atom is -0.359 e. The van der Waals surface area contributed by atoms with E-state index in [2.05, 4.69) is 35.8 Å². The fourth-order valence-electron chi connectivity index (χ4n) is 2.60. The molecular formula is C18H14BrClN4O. The Balaban J connectivity index is 1.42. The summed E-state index contributed by atoms with van der Waals surface area (Å²) < 4.78 is 8.47. The summed E-state index contributed by atoms with van der Waals surface area (Å²) in [5.74, 6) is 0.778. The molecule has 3 heterocycles. The van der Waals surface area contributed by atoms with Gasteiger partial charge in [-0.25, -0.2) is 4.98 Å². The zero-order valence-corrected chi connectivity index (χ0v) is 15.5. The number of hydrogen-bond acceptors (Lipinski definition) is 4. The highest BCUT2D eigenvalue weighted by molar-refractivity contribution is 9.10. The summed E-state index contributed by atoms with van der Waals surface area (Å²) in [5, 5.41) is 8.17. The van der Waals surface area contributed by atoms with Crippen LogP contribution in [-0.2, 0) is 13.1 Å². The molecule has 0 saturated heterocycles. The van der Waals surface area contributed by atoms with Crippen molar-refractivity contribution in [3.8, 4) is 11.3 Å². The van der Waals surface area contributed by atoms with Gasteiger partial charge >= 0.3 is 0 Å². The van der Waals surface area contributed by atoms with Crippen LogP contribution < -0.4 is 5.32 Å². The monoisotopic (exact) mass is 416 g/mol. The molecule has 0 bridgehead atoms. The fourth-order valence-corrected chi connectivity index (χ4v) is 3.07. The molecular weight excluding hydrogens is 404 g/mol. The summed E-state index contributed by atoms with van der Waals surface area (Å²) >= 11 is 9.39. The molecule has 0 atom stereocenters. The van der Waals surface area contributed by atoms with Crippen LogP contribution in [0.5, 0.6) is 0 Å². The molecule has 25 heavy (non-hydrogen) atoms. The zero-order chi connectivity index (χ0) is 17.2. The van der Waals surface area contributed by atoms with Crippen LogP contribution in [0.15, 0.2) is 63.9 Å². The Bertz CT molecular complexity index is 1010. The minimum absolute atomic E-state index is 0.585. The first-order valence-corrected chi connectivity index (χ1v) is 8.90. The number of hydrogen-bond donors (Lipinski definition) is 1. The standard InChI is InChI=1S/C18H14BrClN4O/c19-13-3-6-18-22-9-15(24(18)11-13)8-21-10-16-7-17(23-25-16)12-1-4-14(20)5-2-12/h1-7,9,11,21H,8,10H2. The van der Waals surface area contributed by atoms with Gasteiger partial charge in [-0.15, -0.1) is 0 Å². The molecule has 0 radical (unpaired) electrons. The molecule has 3 aromatic heterocycles. The summed E-state index contributed by atoms with van der Waals surface area (Å²) in [6, 6.07) is 13.4. The quantitative estimate of drug-likeness (QED) is 0.511. The van der Waals surface area contributed by atoms with Crippen molar-refractivity contribution >= 4 is 33.2 Å². The highest BCUT2D eigenvalue weighted by atomic mass is 79.9. The molecule has 1 aromatic carbocycles. The number of nitrogens with zero attached hydrogens (tertiary/aromatic N) is 3. The predicted molar refractivity (Wildman–Crippen MR) is 100 cm³/mol. The van der Waals surface area contributed by atoms with Gasteiger partial charge in [0.05, 0.1) is 18.4 Å². The number of rotatable bonds is 5. The van der Waals surface area contributed by atoms with Crippen molar-refractivity contribution < 1.29 is 4.52 Å². The van der Waals surface area contributed by atoms with E-state index in [-0.39, 0.29) is 0 Å². The van der Waals surface area contributed by atoms with Crippen molar-refractivity contribution in [3.05, 3.63) is 75.8 Å². The molecule has 1 N–H and O–H groups in total. The molecule has 0 saturated carbocycles. The molecule has 0 aliphatic carbocycles. The van der Waals surface area contributed by atoms with E-state index in [9.17, 15) is 0 Å². The predicted octanol–water partition coefficient (Wildman–Crippen LogP) is 4.70. The van der Waals surface area contributed by atoms with Crippen LogP contribution in [0.1, 0.15) is 11.5 Å². The van der Waals surface area contributed by atoms with Gasteiger partial charge in [0.25, 0.3) is 0 Å². The third-order valence-electron chi connectivity index (χ3n) is 3.85. The third-order valence-corrected chi connectivity index (χ3v) is 4.57. The number of pyridine rings is 1. The Labute approximate surface area is 157 Å². The Morgan fingerprint density at radius 1 is 1.12 bits per heavy atom. The first-order valence-electron chi connectivity index (χ1n) is 7.73. The van der Waals surface area contributed by atoms with Gasteiger partial charge in [0.2, 0.25) is 0 Å². The molecule has 0 spiro atoms. The van der Waals surface area contributed by atoms with E-state index in [0.29, 0.717) is 18.1 Å². The van der Waals surface area contributed by atoms with Crippen LogP contribution in [0.2, 0.25) is 5.02 Å². The fraction of sp³-hybridized carbons (Fsp3) is 0.111. The lowest BCUT2D eigenvalue weighted by Crippen LogP contribution is -2.13. The molecule has 0 amide bonds.